The first kappa shape index (κ1) is 24.4. The van der Waals surface area contributed by atoms with E-state index in [4.69, 9.17) is 14.2 Å². The third kappa shape index (κ3) is 6.02. The number of benzene rings is 2. The Hall–Kier alpha value is -2.77. The molecule has 7 nitrogen and oxygen atoms in total. The molecule has 1 heterocycles. The van der Waals surface area contributed by atoms with Crippen molar-refractivity contribution in [2.75, 3.05) is 38.8 Å². The lowest BCUT2D eigenvalue weighted by molar-refractivity contribution is -0.0831. The van der Waals surface area contributed by atoms with Crippen molar-refractivity contribution >= 4 is 11.7 Å². The molecule has 1 saturated heterocycles. The molecule has 7 heteroatoms. The number of aliphatic hydroxyl groups excluding tert-OH is 1. The van der Waals surface area contributed by atoms with Crippen LogP contribution in [-0.4, -0.2) is 56.4 Å². The zero-order valence-corrected chi connectivity index (χ0v) is 20.0. The molecule has 2 fully saturated rings. The Kier molecular flexibility index (Phi) is 7.95. The van der Waals surface area contributed by atoms with E-state index in [1.807, 2.05) is 18.2 Å². The molecular formula is C27H35NO6. The van der Waals surface area contributed by atoms with Crippen molar-refractivity contribution in [3.63, 3.8) is 0 Å². The number of nitrogens with zero attached hydrogens (tertiary/aromatic N) is 1. The maximum atomic E-state index is 11.7. The van der Waals surface area contributed by atoms with Gasteiger partial charge in [-0.3, -0.25) is 0 Å². The van der Waals surface area contributed by atoms with E-state index in [1.165, 1.54) is 25.5 Å². The first-order chi connectivity index (χ1) is 16.5. The number of ether oxygens (including phenoxy) is 3. The molecule has 0 amide bonds. The first-order valence-electron chi connectivity index (χ1n) is 12.1. The Morgan fingerprint density at radius 2 is 1.82 bits per heavy atom. The summed E-state index contributed by atoms with van der Waals surface area (Å²) in [7, 11) is 3.13. The number of piperidine rings is 1. The van der Waals surface area contributed by atoms with Crippen LogP contribution in [0.4, 0.5) is 5.69 Å². The predicted octanol–water partition coefficient (Wildman–Crippen LogP) is 4.54. The summed E-state index contributed by atoms with van der Waals surface area (Å²) in [6.07, 6.45) is 4.11. The van der Waals surface area contributed by atoms with Gasteiger partial charge < -0.3 is 29.3 Å². The summed E-state index contributed by atoms with van der Waals surface area (Å²) in [4.78, 5) is 13.8. The number of methoxy groups -OCH3 is 2. The molecule has 184 valence electrons. The van der Waals surface area contributed by atoms with Gasteiger partial charge in [-0.2, -0.15) is 0 Å². The SMILES string of the molecule is COc1ccc(C(=O)O)c(N2CCC(COc3cccc([C@@H](C[C@@H](O)OC)C4CC4)c3)CC2)c1. The van der Waals surface area contributed by atoms with Gasteiger partial charge in [-0.15, -0.1) is 0 Å². The molecule has 4 rings (SSSR count). The molecule has 0 unspecified atom stereocenters. The van der Waals surface area contributed by atoms with Crippen molar-refractivity contribution in [1.29, 1.82) is 0 Å². The molecule has 2 N–H and O–H groups in total. The van der Waals surface area contributed by atoms with E-state index < -0.39 is 12.3 Å². The molecule has 0 spiro atoms. The Labute approximate surface area is 201 Å². The molecule has 0 radical (unpaired) electrons. The summed E-state index contributed by atoms with van der Waals surface area (Å²) in [5.41, 5.74) is 2.21. The molecule has 2 aromatic carbocycles. The van der Waals surface area contributed by atoms with Crippen LogP contribution in [0.15, 0.2) is 42.5 Å². The van der Waals surface area contributed by atoms with Gasteiger partial charge in [-0.25, -0.2) is 4.79 Å². The minimum atomic E-state index is -0.925. The van der Waals surface area contributed by atoms with Crippen molar-refractivity contribution < 1.29 is 29.2 Å². The highest BCUT2D eigenvalue weighted by Crippen LogP contribution is 2.45. The summed E-state index contributed by atoms with van der Waals surface area (Å²) in [6, 6.07) is 13.3. The van der Waals surface area contributed by atoms with E-state index in [0.717, 1.165) is 31.7 Å². The number of hydrogen-bond acceptors (Lipinski definition) is 6. The molecule has 0 aromatic heterocycles. The second-order valence-corrected chi connectivity index (χ2v) is 9.37. The van der Waals surface area contributed by atoms with Crippen LogP contribution < -0.4 is 14.4 Å². The van der Waals surface area contributed by atoms with Crippen LogP contribution in [0.5, 0.6) is 11.5 Å². The molecule has 0 bridgehead atoms. The van der Waals surface area contributed by atoms with Crippen molar-refractivity contribution in [3.8, 4) is 11.5 Å². The molecule has 2 aromatic rings. The van der Waals surface area contributed by atoms with Gasteiger partial charge in [0.05, 0.1) is 25.0 Å². The number of anilines is 1. The van der Waals surface area contributed by atoms with E-state index >= 15 is 0 Å². The molecule has 1 aliphatic heterocycles. The predicted molar refractivity (Wildman–Crippen MR) is 130 cm³/mol. The lowest BCUT2D eigenvalue weighted by Gasteiger charge is -2.34. The van der Waals surface area contributed by atoms with Gasteiger partial charge in [0.15, 0.2) is 6.29 Å². The number of carboxylic acids is 1. The normalized spacial score (nSPS) is 18.4. The van der Waals surface area contributed by atoms with Crippen LogP contribution >= 0.6 is 0 Å². The number of hydrogen-bond donors (Lipinski definition) is 2. The maximum absolute atomic E-state index is 11.7. The molecule has 2 atom stereocenters. The molecule has 1 saturated carbocycles. The molecule has 34 heavy (non-hydrogen) atoms. The summed E-state index contributed by atoms with van der Waals surface area (Å²) in [5.74, 6) is 1.90. The quantitative estimate of drug-likeness (QED) is 0.467. The van der Waals surface area contributed by atoms with E-state index in [2.05, 4.69) is 17.0 Å². The Morgan fingerprint density at radius 3 is 2.47 bits per heavy atom. The second-order valence-electron chi connectivity index (χ2n) is 9.37. The lowest BCUT2D eigenvalue weighted by atomic mass is 9.90. The molecular weight excluding hydrogens is 434 g/mol. The topological polar surface area (TPSA) is 88.5 Å². The van der Waals surface area contributed by atoms with Crippen LogP contribution in [0.2, 0.25) is 0 Å². The number of carboxylic acid groups (broad SMARTS) is 1. The fraction of sp³-hybridized carbons (Fsp3) is 0.519. The fourth-order valence-electron chi connectivity index (χ4n) is 4.88. The summed E-state index contributed by atoms with van der Waals surface area (Å²) in [5, 5.41) is 19.6. The van der Waals surface area contributed by atoms with Gasteiger partial charge >= 0.3 is 5.97 Å². The molecule has 1 aliphatic carbocycles. The van der Waals surface area contributed by atoms with Gasteiger partial charge in [-0.1, -0.05) is 12.1 Å². The highest BCUT2D eigenvalue weighted by Gasteiger charge is 2.34. The van der Waals surface area contributed by atoms with E-state index in [9.17, 15) is 15.0 Å². The summed E-state index contributed by atoms with van der Waals surface area (Å²) < 4.78 is 16.6. The van der Waals surface area contributed by atoms with Crippen LogP contribution in [-0.2, 0) is 4.74 Å². The summed E-state index contributed by atoms with van der Waals surface area (Å²) in [6.45, 7) is 2.19. The monoisotopic (exact) mass is 469 g/mol. The van der Waals surface area contributed by atoms with Crippen molar-refractivity contribution in [2.24, 2.45) is 11.8 Å². The van der Waals surface area contributed by atoms with Gasteiger partial charge in [0.2, 0.25) is 0 Å². The van der Waals surface area contributed by atoms with Crippen LogP contribution in [0.1, 0.15) is 53.9 Å². The number of aliphatic hydroxyl groups is 1. The first-order valence-corrected chi connectivity index (χ1v) is 12.1. The van der Waals surface area contributed by atoms with Gasteiger partial charge in [0.1, 0.15) is 11.5 Å². The Balaban J connectivity index is 1.34. The number of carbonyl (C=O) groups is 1. The largest absolute Gasteiger partial charge is 0.497 e. The third-order valence-corrected chi connectivity index (χ3v) is 7.08. The highest BCUT2D eigenvalue weighted by molar-refractivity contribution is 5.94. The van der Waals surface area contributed by atoms with E-state index in [-0.39, 0.29) is 5.92 Å². The molecule has 2 aliphatic rings. The summed E-state index contributed by atoms with van der Waals surface area (Å²) >= 11 is 0. The Morgan fingerprint density at radius 1 is 1.06 bits per heavy atom. The lowest BCUT2D eigenvalue weighted by Crippen LogP contribution is -2.36. The minimum Gasteiger partial charge on any atom is -0.497 e. The van der Waals surface area contributed by atoms with E-state index in [1.54, 1.807) is 19.2 Å². The second kappa shape index (κ2) is 11.1. The average Bonchev–Trinajstić information content (AvgIpc) is 3.71. The van der Waals surface area contributed by atoms with Crippen molar-refractivity contribution in [3.05, 3.63) is 53.6 Å². The van der Waals surface area contributed by atoms with Crippen LogP contribution in [0.3, 0.4) is 0 Å². The zero-order chi connectivity index (χ0) is 24.1. The number of rotatable bonds is 11. The number of aromatic carboxylic acids is 1. The minimum absolute atomic E-state index is 0.285. The van der Waals surface area contributed by atoms with Crippen molar-refractivity contribution in [2.45, 2.75) is 44.3 Å². The highest BCUT2D eigenvalue weighted by atomic mass is 16.6. The standard InChI is InChI=1S/C27H35NO6/c1-32-21-8-9-23(27(30)31)25(15-21)28-12-10-18(11-13-28)17-34-22-5-3-4-20(14-22)24(19-6-7-19)16-26(29)33-2/h3-5,8-9,14-15,18-19,24,26,29H,6-7,10-13,16-17H2,1-2H3,(H,30,31)/t24-,26-/m0/s1. The van der Waals surface area contributed by atoms with Gasteiger partial charge in [0.25, 0.3) is 0 Å². The smallest absolute Gasteiger partial charge is 0.337 e. The van der Waals surface area contributed by atoms with Gasteiger partial charge in [0, 0.05) is 32.7 Å². The third-order valence-electron chi connectivity index (χ3n) is 7.08. The van der Waals surface area contributed by atoms with Crippen LogP contribution in [0.25, 0.3) is 0 Å². The average molecular weight is 470 g/mol. The van der Waals surface area contributed by atoms with Crippen LogP contribution in [0, 0.1) is 11.8 Å². The van der Waals surface area contributed by atoms with Gasteiger partial charge in [-0.05, 0) is 73.3 Å². The fourth-order valence-corrected chi connectivity index (χ4v) is 4.88. The Bertz CT molecular complexity index is 967. The van der Waals surface area contributed by atoms with E-state index in [0.29, 0.717) is 41.9 Å². The van der Waals surface area contributed by atoms with Crippen molar-refractivity contribution in [1.82, 2.24) is 0 Å². The zero-order valence-electron chi connectivity index (χ0n) is 20.0. The maximum Gasteiger partial charge on any atom is 0.337 e.